The Labute approximate surface area is 242 Å². The van der Waals surface area contributed by atoms with Gasteiger partial charge in [0.1, 0.15) is 15.3 Å². The summed E-state index contributed by atoms with van der Waals surface area (Å²) in [5.74, 6) is -1.08. The van der Waals surface area contributed by atoms with Crippen molar-refractivity contribution in [1.82, 2.24) is 4.90 Å². The number of amides is 2. The number of methoxy groups -OCH3 is 1. The third-order valence-electron chi connectivity index (χ3n) is 7.31. The molecule has 1 aromatic heterocycles. The van der Waals surface area contributed by atoms with Crippen LogP contribution in [0, 0.1) is 0 Å². The van der Waals surface area contributed by atoms with Crippen molar-refractivity contribution in [2.45, 2.75) is 43.8 Å². The molecule has 1 aromatic carbocycles. The van der Waals surface area contributed by atoms with Crippen molar-refractivity contribution in [1.29, 1.82) is 0 Å². The molecule has 0 unspecified atom stereocenters. The minimum absolute atomic E-state index is 0.190. The number of nitrogens with two attached hydrogens (primary N) is 1. The molecule has 212 valence electrons. The maximum Gasteiger partial charge on any atom is 0.341 e. The van der Waals surface area contributed by atoms with Crippen molar-refractivity contribution in [2.75, 3.05) is 45.3 Å². The summed E-state index contributed by atoms with van der Waals surface area (Å²) in [6, 6.07) is 9.98. The van der Waals surface area contributed by atoms with Gasteiger partial charge >= 0.3 is 5.97 Å². The molecule has 1 aliphatic carbocycles. The predicted molar refractivity (Wildman–Crippen MR) is 158 cm³/mol. The van der Waals surface area contributed by atoms with Crippen LogP contribution < -0.4 is 11.1 Å². The summed E-state index contributed by atoms with van der Waals surface area (Å²) >= 11 is 2.62. The molecular weight excluding hydrogens is 548 g/mol. The van der Waals surface area contributed by atoms with Crippen molar-refractivity contribution >= 4 is 50.9 Å². The van der Waals surface area contributed by atoms with Crippen LogP contribution in [0.4, 0.5) is 5.00 Å². The average molecular weight is 583 g/mol. The number of benzene rings is 1. The largest absolute Gasteiger partial charge is 0.465 e. The van der Waals surface area contributed by atoms with Gasteiger partial charge in [-0.3, -0.25) is 14.6 Å². The number of nitrogens with one attached hydrogen (secondary N) is 1. The van der Waals surface area contributed by atoms with Crippen LogP contribution in [0.15, 0.2) is 46.6 Å². The van der Waals surface area contributed by atoms with Crippen LogP contribution in [0.5, 0.6) is 0 Å². The Balaban J connectivity index is 1.41. The molecule has 0 radical (unpaired) electrons. The Morgan fingerprint density at radius 1 is 1.12 bits per heavy atom. The summed E-state index contributed by atoms with van der Waals surface area (Å²) in [6.07, 6.45) is 5.50. The highest BCUT2D eigenvalue weighted by Crippen LogP contribution is 2.40. The molecule has 40 heavy (non-hydrogen) atoms. The summed E-state index contributed by atoms with van der Waals surface area (Å²) in [4.78, 5) is 47.6. The molecule has 2 aliphatic heterocycles. The maximum absolute atomic E-state index is 13.7. The van der Waals surface area contributed by atoms with Crippen molar-refractivity contribution in [3.63, 3.8) is 0 Å². The van der Waals surface area contributed by atoms with E-state index < -0.39 is 11.2 Å². The molecule has 1 fully saturated rings. The van der Waals surface area contributed by atoms with Gasteiger partial charge in [0.05, 0.1) is 31.5 Å². The molecule has 1 saturated heterocycles. The van der Waals surface area contributed by atoms with E-state index in [1.54, 1.807) is 4.90 Å². The number of thioether (sulfide) groups is 1. The van der Waals surface area contributed by atoms with E-state index in [1.807, 2.05) is 30.3 Å². The number of esters is 1. The molecular formula is C29H34N4O5S2. The fourth-order valence-corrected chi connectivity index (χ4v) is 7.60. The number of thiophene rings is 1. The van der Waals surface area contributed by atoms with Crippen LogP contribution in [0.2, 0.25) is 0 Å². The number of carbonyl (C=O) groups excluding carboxylic acids is 3. The highest BCUT2D eigenvalue weighted by Gasteiger charge is 2.40. The SMILES string of the molecule is COC(=O)c1c(NC(=O)[C@H]2SC(=NCCc3ccccc3)C(C(=O)N3CCOCC3)=C2N)sc2c1CCCCC2. The number of ether oxygens (including phenoxy) is 2. The van der Waals surface area contributed by atoms with E-state index in [4.69, 9.17) is 20.2 Å². The number of hydrogen-bond donors (Lipinski definition) is 2. The standard InChI is InChI=1S/C29H34N4O5S2/c1-37-29(36)21-19-10-6-3-7-11-20(19)39-27(21)32-25(34)24-23(30)22(28(35)33-14-16-38-17-15-33)26(40-24)31-13-12-18-8-4-2-5-9-18/h2,4-5,8-9,24H,3,6-7,10-17,30H2,1H3,(H,32,34)/t24-/m0/s1. The molecule has 5 rings (SSSR count). The number of fused-ring (bicyclic) bond motifs is 1. The molecule has 3 heterocycles. The Hall–Kier alpha value is -3.15. The summed E-state index contributed by atoms with van der Waals surface area (Å²) < 4.78 is 10.5. The molecule has 0 bridgehead atoms. The number of morpholine rings is 1. The molecule has 1 atom stereocenters. The van der Waals surface area contributed by atoms with Gasteiger partial charge in [0.15, 0.2) is 0 Å². The number of hydrogen-bond acceptors (Lipinski definition) is 9. The monoisotopic (exact) mass is 582 g/mol. The Morgan fingerprint density at radius 3 is 2.62 bits per heavy atom. The molecule has 3 N–H and O–H groups in total. The third-order valence-corrected chi connectivity index (χ3v) is 9.78. The first-order valence-corrected chi connectivity index (χ1v) is 15.3. The first-order valence-electron chi connectivity index (χ1n) is 13.6. The topological polar surface area (TPSA) is 123 Å². The Bertz CT molecular complexity index is 1330. The van der Waals surface area contributed by atoms with Gasteiger partial charge in [0, 0.05) is 30.2 Å². The third kappa shape index (κ3) is 6.11. The summed E-state index contributed by atoms with van der Waals surface area (Å²) in [5, 5.41) is 3.07. The quantitative estimate of drug-likeness (QED) is 0.378. The van der Waals surface area contributed by atoms with Gasteiger partial charge in [-0.25, -0.2) is 4.79 Å². The first-order chi connectivity index (χ1) is 19.5. The number of nitrogens with zero attached hydrogens (tertiary/aromatic N) is 2. The molecule has 2 amide bonds. The summed E-state index contributed by atoms with van der Waals surface area (Å²) in [7, 11) is 1.35. The summed E-state index contributed by atoms with van der Waals surface area (Å²) in [5.41, 5.74) is 9.57. The van der Waals surface area contributed by atoms with E-state index in [2.05, 4.69) is 5.32 Å². The van der Waals surface area contributed by atoms with Gasteiger partial charge in [-0.2, -0.15) is 0 Å². The van der Waals surface area contributed by atoms with Crippen LogP contribution in [0.1, 0.15) is 45.6 Å². The zero-order valence-corrected chi connectivity index (χ0v) is 24.2. The average Bonchev–Trinajstić information content (AvgIpc) is 3.39. The van der Waals surface area contributed by atoms with E-state index >= 15 is 0 Å². The second-order valence-electron chi connectivity index (χ2n) is 9.90. The highest BCUT2D eigenvalue weighted by atomic mass is 32.2. The lowest BCUT2D eigenvalue weighted by Gasteiger charge is -2.27. The molecule has 3 aliphatic rings. The fourth-order valence-electron chi connectivity index (χ4n) is 5.20. The zero-order valence-electron chi connectivity index (χ0n) is 22.6. The molecule has 9 nitrogen and oxygen atoms in total. The van der Waals surface area contributed by atoms with Gasteiger partial charge in [0.2, 0.25) is 5.91 Å². The van der Waals surface area contributed by atoms with Crippen LogP contribution in [0.25, 0.3) is 0 Å². The minimum Gasteiger partial charge on any atom is -0.465 e. The van der Waals surface area contributed by atoms with Gasteiger partial charge in [-0.1, -0.05) is 48.5 Å². The van der Waals surface area contributed by atoms with E-state index in [0.29, 0.717) is 54.9 Å². The Morgan fingerprint density at radius 2 is 1.88 bits per heavy atom. The van der Waals surface area contributed by atoms with Crippen LogP contribution in [-0.4, -0.2) is 72.9 Å². The number of carbonyl (C=O) groups is 3. The van der Waals surface area contributed by atoms with E-state index in [1.165, 1.54) is 30.2 Å². The van der Waals surface area contributed by atoms with Crippen LogP contribution in [0.3, 0.4) is 0 Å². The van der Waals surface area contributed by atoms with Gasteiger partial charge < -0.3 is 25.4 Å². The van der Waals surface area contributed by atoms with Crippen molar-refractivity contribution in [2.24, 2.45) is 10.7 Å². The molecule has 2 aromatic rings. The number of aliphatic imine (C=N–C) groups is 1. The lowest BCUT2D eigenvalue weighted by molar-refractivity contribution is -0.130. The highest BCUT2D eigenvalue weighted by molar-refractivity contribution is 8.16. The second-order valence-corrected chi connectivity index (χ2v) is 12.1. The normalized spacial score (nSPS) is 20.3. The Kier molecular flexibility index (Phi) is 9.23. The van der Waals surface area contributed by atoms with Crippen molar-refractivity contribution in [3.05, 3.63) is 63.2 Å². The van der Waals surface area contributed by atoms with Crippen LogP contribution >= 0.6 is 23.1 Å². The fraction of sp³-hybridized carbons (Fsp3) is 0.448. The summed E-state index contributed by atoms with van der Waals surface area (Å²) in [6.45, 7) is 2.28. The molecule has 0 spiro atoms. The van der Waals surface area contributed by atoms with Crippen molar-refractivity contribution < 1.29 is 23.9 Å². The number of anilines is 1. The molecule has 0 saturated carbocycles. The van der Waals surface area contributed by atoms with Gasteiger partial charge in [0.25, 0.3) is 5.91 Å². The number of aryl methyl sites for hydroxylation is 1. The second kappa shape index (κ2) is 13.0. The minimum atomic E-state index is -0.845. The maximum atomic E-state index is 13.7. The predicted octanol–water partition coefficient (Wildman–Crippen LogP) is 3.57. The van der Waals surface area contributed by atoms with Crippen molar-refractivity contribution in [3.8, 4) is 0 Å². The van der Waals surface area contributed by atoms with Gasteiger partial charge in [-0.05, 0) is 43.2 Å². The lowest BCUT2D eigenvalue weighted by atomic mass is 10.1. The smallest absolute Gasteiger partial charge is 0.341 e. The van der Waals surface area contributed by atoms with E-state index in [0.717, 1.165) is 48.1 Å². The molecule has 11 heteroatoms. The van der Waals surface area contributed by atoms with E-state index in [9.17, 15) is 14.4 Å². The van der Waals surface area contributed by atoms with Crippen LogP contribution in [-0.2, 0) is 38.3 Å². The first kappa shape index (κ1) is 28.4. The lowest BCUT2D eigenvalue weighted by Crippen LogP contribution is -2.42. The van der Waals surface area contributed by atoms with E-state index in [-0.39, 0.29) is 23.1 Å². The zero-order chi connectivity index (χ0) is 28.1. The number of rotatable bonds is 7. The van der Waals surface area contributed by atoms with Gasteiger partial charge in [-0.15, -0.1) is 11.3 Å².